The van der Waals surface area contributed by atoms with Gasteiger partial charge >= 0.3 is 0 Å². The first-order valence-corrected chi connectivity index (χ1v) is 5.14. The van der Waals surface area contributed by atoms with Crippen molar-refractivity contribution in [1.29, 1.82) is 5.26 Å². The maximum absolute atomic E-state index is 8.69. The second-order valence-corrected chi connectivity index (χ2v) is 3.92. The highest BCUT2D eigenvalue weighted by Crippen LogP contribution is 2.13. The molecule has 2 nitrogen and oxygen atoms in total. The monoisotopic (exact) mass is 258 g/mol. The Balaban J connectivity index is 2.69. The van der Waals surface area contributed by atoms with Gasteiger partial charge in [0.25, 0.3) is 0 Å². The Labute approximate surface area is 90.7 Å². The molecule has 0 aliphatic heterocycles. The number of aromatic nitrogens is 1. The van der Waals surface area contributed by atoms with Crippen molar-refractivity contribution in [2.75, 3.05) is 5.88 Å². The Kier molecular flexibility index (Phi) is 4.20. The van der Waals surface area contributed by atoms with E-state index in [4.69, 9.17) is 16.9 Å². The molecule has 0 spiro atoms. The summed E-state index contributed by atoms with van der Waals surface area (Å²) in [5, 5.41) is 8.69. The van der Waals surface area contributed by atoms with Crippen molar-refractivity contribution in [3.63, 3.8) is 0 Å². The van der Waals surface area contributed by atoms with Crippen LogP contribution in [-0.2, 0) is 6.42 Å². The largest absolute Gasteiger partial charge is 0.263 e. The maximum Gasteiger partial charge on any atom is 0.0671 e. The lowest BCUT2D eigenvalue weighted by Gasteiger charge is -2.04. The summed E-state index contributed by atoms with van der Waals surface area (Å²) < 4.78 is 0.927. The Bertz CT molecular complexity index is 322. The summed E-state index contributed by atoms with van der Waals surface area (Å²) in [5.74, 6) is 0.237. The van der Waals surface area contributed by atoms with E-state index in [0.717, 1.165) is 10.0 Å². The molecule has 0 aliphatic carbocycles. The zero-order valence-electron chi connectivity index (χ0n) is 6.87. The number of alkyl halides is 1. The maximum atomic E-state index is 8.69. The normalized spacial score (nSPS) is 12.1. The molecule has 0 radical (unpaired) electrons. The summed E-state index contributed by atoms with van der Waals surface area (Å²) >= 11 is 8.92. The first-order valence-electron chi connectivity index (χ1n) is 3.81. The molecule has 1 unspecified atom stereocenters. The number of halogens is 2. The quantitative estimate of drug-likeness (QED) is 0.783. The molecule has 0 amide bonds. The van der Waals surface area contributed by atoms with Crippen molar-refractivity contribution in [2.24, 2.45) is 5.92 Å². The molecule has 68 valence electrons. The van der Waals surface area contributed by atoms with E-state index in [-0.39, 0.29) is 5.92 Å². The Morgan fingerprint density at radius 1 is 1.62 bits per heavy atom. The molecule has 0 fully saturated rings. The van der Waals surface area contributed by atoms with E-state index in [2.05, 4.69) is 27.0 Å². The fourth-order valence-electron chi connectivity index (χ4n) is 0.987. The molecule has 1 atom stereocenters. The van der Waals surface area contributed by atoms with Gasteiger partial charge in [-0.15, -0.1) is 11.6 Å². The van der Waals surface area contributed by atoms with Gasteiger partial charge in [-0.05, 0) is 34.0 Å². The molecule has 1 aromatic heterocycles. The lowest BCUT2D eigenvalue weighted by Crippen LogP contribution is -2.03. The molecular formula is C9H8BrClN2. The van der Waals surface area contributed by atoms with Crippen molar-refractivity contribution >= 4 is 27.5 Å². The topological polar surface area (TPSA) is 36.7 Å². The van der Waals surface area contributed by atoms with E-state index in [1.165, 1.54) is 0 Å². The number of nitrogens with zero attached hydrogens (tertiary/aromatic N) is 2. The van der Waals surface area contributed by atoms with E-state index >= 15 is 0 Å². The summed E-state index contributed by atoms with van der Waals surface area (Å²) in [6.45, 7) is 0. The lowest BCUT2D eigenvalue weighted by atomic mass is 10.0. The highest BCUT2D eigenvalue weighted by atomic mass is 79.9. The van der Waals surface area contributed by atoms with Gasteiger partial charge in [-0.2, -0.15) is 5.26 Å². The minimum atomic E-state index is -0.127. The van der Waals surface area contributed by atoms with E-state index in [1.807, 2.05) is 6.07 Å². The molecule has 0 saturated carbocycles. The smallest absolute Gasteiger partial charge is 0.0671 e. The number of hydrogen-bond donors (Lipinski definition) is 0. The van der Waals surface area contributed by atoms with Crippen LogP contribution in [0.4, 0.5) is 0 Å². The average Bonchev–Trinajstić information content (AvgIpc) is 2.14. The van der Waals surface area contributed by atoms with Gasteiger partial charge in [0.05, 0.1) is 12.0 Å². The van der Waals surface area contributed by atoms with Gasteiger partial charge in [0, 0.05) is 22.7 Å². The number of hydrogen-bond acceptors (Lipinski definition) is 2. The molecule has 0 N–H and O–H groups in total. The molecule has 4 heteroatoms. The molecule has 0 aromatic carbocycles. The van der Waals surface area contributed by atoms with Gasteiger partial charge in [-0.25, -0.2) is 0 Å². The molecule has 0 saturated heterocycles. The van der Waals surface area contributed by atoms with Gasteiger partial charge in [0.15, 0.2) is 0 Å². The van der Waals surface area contributed by atoms with Crippen LogP contribution >= 0.6 is 27.5 Å². The second-order valence-electron chi connectivity index (χ2n) is 2.70. The van der Waals surface area contributed by atoms with Crippen LogP contribution in [0, 0.1) is 17.2 Å². The molecule has 0 aliphatic rings. The molecular weight excluding hydrogens is 251 g/mol. The summed E-state index contributed by atoms with van der Waals surface area (Å²) in [7, 11) is 0. The fourth-order valence-corrected chi connectivity index (χ4v) is 1.58. The number of nitriles is 1. The van der Waals surface area contributed by atoms with Gasteiger partial charge in [-0.1, -0.05) is 0 Å². The number of rotatable bonds is 3. The molecule has 1 heterocycles. The van der Waals surface area contributed by atoms with Gasteiger partial charge in [-0.3, -0.25) is 4.98 Å². The van der Waals surface area contributed by atoms with Gasteiger partial charge in [0.1, 0.15) is 0 Å². The van der Waals surface area contributed by atoms with Crippen LogP contribution in [0.2, 0.25) is 0 Å². The molecule has 13 heavy (non-hydrogen) atoms. The van der Waals surface area contributed by atoms with Crippen LogP contribution < -0.4 is 0 Å². The highest BCUT2D eigenvalue weighted by Gasteiger charge is 2.06. The third-order valence-corrected chi connectivity index (χ3v) is 2.42. The van der Waals surface area contributed by atoms with E-state index in [1.54, 1.807) is 12.4 Å². The van der Waals surface area contributed by atoms with Crippen LogP contribution in [0.3, 0.4) is 0 Å². The summed E-state index contributed by atoms with van der Waals surface area (Å²) in [6, 6.07) is 4.09. The summed E-state index contributed by atoms with van der Waals surface area (Å²) in [4.78, 5) is 4.01. The van der Waals surface area contributed by atoms with Crippen LogP contribution in [0.15, 0.2) is 22.9 Å². The van der Waals surface area contributed by atoms with Crippen LogP contribution in [0.25, 0.3) is 0 Å². The molecule has 0 bridgehead atoms. The predicted molar refractivity (Wildman–Crippen MR) is 55.5 cm³/mol. The van der Waals surface area contributed by atoms with Crippen molar-refractivity contribution in [2.45, 2.75) is 6.42 Å². The van der Waals surface area contributed by atoms with E-state index in [0.29, 0.717) is 12.3 Å². The molecule has 1 aromatic rings. The SMILES string of the molecule is N#CC(CCl)Cc1cncc(Br)c1. The predicted octanol–water partition coefficient (Wildman–Crippen LogP) is 2.77. The lowest BCUT2D eigenvalue weighted by molar-refractivity contribution is 0.743. The zero-order valence-corrected chi connectivity index (χ0v) is 9.22. The summed E-state index contributed by atoms with van der Waals surface area (Å²) in [6.07, 6.45) is 4.12. The summed E-state index contributed by atoms with van der Waals surface area (Å²) in [5.41, 5.74) is 1.03. The zero-order chi connectivity index (χ0) is 9.68. The van der Waals surface area contributed by atoms with Crippen LogP contribution in [0.5, 0.6) is 0 Å². The Morgan fingerprint density at radius 2 is 2.38 bits per heavy atom. The molecule has 1 rings (SSSR count). The van der Waals surface area contributed by atoms with Gasteiger partial charge in [0.2, 0.25) is 0 Å². The van der Waals surface area contributed by atoms with Crippen molar-refractivity contribution < 1.29 is 0 Å². The Morgan fingerprint density at radius 3 is 2.92 bits per heavy atom. The Hall–Kier alpha value is -0.590. The average molecular weight is 260 g/mol. The standard InChI is InChI=1S/C9H8BrClN2/c10-9-2-7(5-13-6-9)1-8(3-11)4-12/h2,5-6,8H,1,3H2. The highest BCUT2D eigenvalue weighted by molar-refractivity contribution is 9.10. The third-order valence-electron chi connectivity index (χ3n) is 1.61. The van der Waals surface area contributed by atoms with Crippen molar-refractivity contribution in [3.05, 3.63) is 28.5 Å². The van der Waals surface area contributed by atoms with Gasteiger partial charge < -0.3 is 0 Å². The fraction of sp³-hybridized carbons (Fsp3) is 0.333. The van der Waals surface area contributed by atoms with Crippen molar-refractivity contribution in [3.8, 4) is 6.07 Å². The minimum absolute atomic E-state index is 0.127. The number of pyridine rings is 1. The minimum Gasteiger partial charge on any atom is -0.263 e. The van der Waals surface area contributed by atoms with Crippen molar-refractivity contribution in [1.82, 2.24) is 4.98 Å². The van der Waals surface area contributed by atoms with E-state index < -0.39 is 0 Å². The first-order chi connectivity index (χ1) is 6.26. The first kappa shape index (κ1) is 10.5. The van der Waals surface area contributed by atoms with Crippen LogP contribution in [0.1, 0.15) is 5.56 Å². The van der Waals surface area contributed by atoms with Crippen LogP contribution in [-0.4, -0.2) is 10.9 Å². The van der Waals surface area contributed by atoms with E-state index in [9.17, 15) is 0 Å². The third kappa shape index (κ3) is 3.33. The second kappa shape index (κ2) is 5.21.